The molecule has 0 saturated carbocycles. The molecule has 122 valence electrons. The smallest absolute Gasteiger partial charge is 0.328 e. The number of benzene rings is 1. The summed E-state index contributed by atoms with van der Waals surface area (Å²) >= 11 is 0. The lowest BCUT2D eigenvalue weighted by molar-refractivity contribution is -0.147. The van der Waals surface area contributed by atoms with Crippen molar-refractivity contribution in [1.82, 2.24) is 10.3 Å². The van der Waals surface area contributed by atoms with Crippen LogP contribution in [-0.2, 0) is 14.3 Å². The van der Waals surface area contributed by atoms with E-state index in [1.807, 2.05) is 19.1 Å². The maximum Gasteiger partial charge on any atom is 0.328 e. The van der Waals surface area contributed by atoms with Gasteiger partial charge in [0.15, 0.2) is 0 Å². The second kappa shape index (κ2) is 7.58. The fourth-order valence-corrected chi connectivity index (χ4v) is 2.14. The highest BCUT2D eigenvalue weighted by molar-refractivity contribution is 6.45. The second-order valence-corrected chi connectivity index (χ2v) is 5.29. The Balaban J connectivity index is 2.00. The molecule has 1 heterocycles. The van der Waals surface area contributed by atoms with Crippen LogP contribution >= 0.6 is 0 Å². The molecule has 1 amide bonds. The second-order valence-electron chi connectivity index (χ2n) is 5.29. The van der Waals surface area contributed by atoms with Crippen molar-refractivity contribution >= 4 is 28.6 Å². The van der Waals surface area contributed by atoms with Crippen LogP contribution in [0.2, 0.25) is 0 Å². The van der Waals surface area contributed by atoms with Crippen LogP contribution in [0.15, 0.2) is 30.5 Å². The highest BCUT2D eigenvalue weighted by Gasteiger charge is 2.24. The van der Waals surface area contributed by atoms with Crippen LogP contribution in [0, 0.1) is 0 Å². The number of rotatable bonds is 7. The molecule has 0 aliphatic carbocycles. The van der Waals surface area contributed by atoms with E-state index in [9.17, 15) is 14.4 Å². The van der Waals surface area contributed by atoms with Gasteiger partial charge in [0.1, 0.15) is 6.04 Å². The Morgan fingerprint density at radius 2 is 2.00 bits per heavy atom. The Labute approximate surface area is 134 Å². The molecule has 0 aliphatic rings. The number of Topliss-reactive ketones (excluding diaryl/α,β-unsaturated/α-hetero) is 1. The van der Waals surface area contributed by atoms with E-state index in [4.69, 9.17) is 4.74 Å². The van der Waals surface area contributed by atoms with Crippen LogP contribution in [0.1, 0.15) is 37.0 Å². The van der Waals surface area contributed by atoms with Crippen LogP contribution in [0.3, 0.4) is 0 Å². The zero-order valence-corrected chi connectivity index (χ0v) is 13.2. The molecule has 6 heteroatoms. The average molecular weight is 316 g/mol. The summed E-state index contributed by atoms with van der Waals surface area (Å²) in [5, 5.41) is 3.05. The summed E-state index contributed by atoms with van der Waals surface area (Å²) in [7, 11) is 0. The third kappa shape index (κ3) is 3.97. The summed E-state index contributed by atoms with van der Waals surface area (Å²) < 4.78 is 5.01. The van der Waals surface area contributed by atoms with E-state index in [2.05, 4.69) is 10.3 Å². The fourth-order valence-electron chi connectivity index (χ4n) is 2.14. The first-order chi connectivity index (χ1) is 11.0. The predicted octanol–water partition coefficient (Wildman–Crippen LogP) is 2.20. The minimum atomic E-state index is -0.867. The van der Waals surface area contributed by atoms with Crippen LogP contribution < -0.4 is 5.32 Å². The number of unbranched alkanes of at least 4 members (excludes halogenated alkanes) is 1. The third-order valence-electron chi connectivity index (χ3n) is 3.48. The highest BCUT2D eigenvalue weighted by Crippen LogP contribution is 2.18. The van der Waals surface area contributed by atoms with Crippen molar-refractivity contribution < 1.29 is 19.1 Å². The Morgan fingerprint density at radius 3 is 2.74 bits per heavy atom. The molecule has 1 aromatic carbocycles. The first kappa shape index (κ1) is 16.7. The molecule has 1 atom stereocenters. The van der Waals surface area contributed by atoms with Crippen molar-refractivity contribution in [2.24, 2.45) is 0 Å². The zero-order valence-electron chi connectivity index (χ0n) is 13.2. The number of nitrogens with one attached hydrogen (secondary N) is 2. The van der Waals surface area contributed by atoms with Crippen LogP contribution in [-0.4, -0.2) is 35.3 Å². The zero-order chi connectivity index (χ0) is 16.8. The van der Waals surface area contributed by atoms with E-state index in [1.165, 1.54) is 13.1 Å². The van der Waals surface area contributed by atoms with Crippen molar-refractivity contribution in [2.75, 3.05) is 6.61 Å². The average Bonchev–Trinajstić information content (AvgIpc) is 2.98. The number of para-hydroxylation sites is 1. The number of aromatic nitrogens is 1. The molecule has 1 aromatic heterocycles. The van der Waals surface area contributed by atoms with Gasteiger partial charge in [-0.1, -0.05) is 31.5 Å². The molecule has 0 radical (unpaired) electrons. The Bertz CT molecular complexity index is 720. The molecular weight excluding hydrogens is 296 g/mol. The van der Waals surface area contributed by atoms with Gasteiger partial charge in [0.25, 0.3) is 11.7 Å². The van der Waals surface area contributed by atoms with Gasteiger partial charge >= 0.3 is 5.97 Å². The fraction of sp³-hybridized carbons (Fsp3) is 0.353. The van der Waals surface area contributed by atoms with Gasteiger partial charge < -0.3 is 15.0 Å². The quantitative estimate of drug-likeness (QED) is 0.355. The van der Waals surface area contributed by atoms with E-state index in [0.29, 0.717) is 12.0 Å². The van der Waals surface area contributed by atoms with E-state index < -0.39 is 23.7 Å². The number of ketones is 1. The number of carbonyl (C=O) groups is 3. The number of hydrogen-bond acceptors (Lipinski definition) is 4. The van der Waals surface area contributed by atoms with Crippen molar-refractivity contribution in [2.45, 2.75) is 32.7 Å². The minimum absolute atomic E-state index is 0.282. The van der Waals surface area contributed by atoms with Gasteiger partial charge in [-0.3, -0.25) is 9.59 Å². The van der Waals surface area contributed by atoms with E-state index in [-0.39, 0.29) is 5.56 Å². The third-order valence-corrected chi connectivity index (χ3v) is 3.48. The van der Waals surface area contributed by atoms with Gasteiger partial charge in [-0.05, 0) is 19.4 Å². The maximum atomic E-state index is 12.3. The van der Waals surface area contributed by atoms with E-state index >= 15 is 0 Å². The Kier molecular flexibility index (Phi) is 5.51. The van der Waals surface area contributed by atoms with Gasteiger partial charge in [0.2, 0.25) is 0 Å². The molecule has 0 bridgehead atoms. The Hall–Kier alpha value is -2.63. The number of ether oxygens (including phenoxy) is 1. The van der Waals surface area contributed by atoms with Crippen molar-refractivity contribution in [1.29, 1.82) is 0 Å². The lowest BCUT2D eigenvalue weighted by Crippen LogP contribution is -2.43. The topological polar surface area (TPSA) is 88.3 Å². The van der Waals surface area contributed by atoms with Gasteiger partial charge in [-0.15, -0.1) is 0 Å². The summed E-state index contributed by atoms with van der Waals surface area (Å²) in [4.78, 5) is 39.0. The van der Waals surface area contributed by atoms with Gasteiger partial charge in [0.05, 0.1) is 12.2 Å². The van der Waals surface area contributed by atoms with Crippen LogP contribution in [0.4, 0.5) is 0 Å². The highest BCUT2D eigenvalue weighted by atomic mass is 16.5. The Morgan fingerprint density at radius 1 is 1.26 bits per heavy atom. The summed E-state index contributed by atoms with van der Waals surface area (Å²) in [5.74, 6) is -2.05. The lowest BCUT2D eigenvalue weighted by atomic mass is 10.1. The SMILES string of the molecule is CCCCOC(=O)[C@H](C)NC(=O)C(=O)c1c[nH]c2ccccc12. The number of esters is 1. The van der Waals surface area contributed by atoms with Crippen LogP contribution in [0.25, 0.3) is 10.9 Å². The summed E-state index contributed by atoms with van der Waals surface area (Å²) in [6.07, 6.45) is 3.17. The lowest BCUT2D eigenvalue weighted by Gasteiger charge is -2.12. The summed E-state index contributed by atoms with van der Waals surface area (Å²) in [5.41, 5.74) is 1.06. The molecule has 0 unspecified atom stereocenters. The molecule has 0 aliphatic heterocycles. The number of aromatic amines is 1. The van der Waals surface area contributed by atoms with Crippen molar-refractivity contribution in [3.63, 3.8) is 0 Å². The molecule has 0 saturated heterocycles. The molecular formula is C17H20N2O4. The standard InChI is InChI=1S/C17H20N2O4/c1-3-4-9-23-17(22)11(2)19-16(21)15(20)13-10-18-14-8-6-5-7-12(13)14/h5-8,10-11,18H,3-4,9H2,1-2H3,(H,19,21)/t11-/m0/s1. The van der Waals surface area contributed by atoms with Gasteiger partial charge in [0, 0.05) is 17.1 Å². The largest absolute Gasteiger partial charge is 0.464 e. The molecule has 2 N–H and O–H groups in total. The first-order valence-electron chi connectivity index (χ1n) is 7.62. The van der Waals surface area contributed by atoms with Crippen molar-refractivity contribution in [3.8, 4) is 0 Å². The van der Waals surface area contributed by atoms with Gasteiger partial charge in [-0.2, -0.15) is 0 Å². The predicted molar refractivity (Wildman–Crippen MR) is 86.1 cm³/mol. The summed E-state index contributed by atoms with van der Waals surface area (Å²) in [6.45, 7) is 3.79. The number of amides is 1. The first-order valence-corrected chi connectivity index (χ1v) is 7.62. The molecule has 2 rings (SSSR count). The number of fused-ring (bicyclic) bond motifs is 1. The van der Waals surface area contributed by atoms with Gasteiger partial charge in [-0.25, -0.2) is 4.79 Å². The number of hydrogen-bond donors (Lipinski definition) is 2. The molecule has 2 aromatic rings. The maximum absolute atomic E-state index is 12.3. The normalized spacial score (nSPS) is 11.9. The number of H-pyrrole nitrogens is 1. The van der Waals surface area contributed by atoms with E-state index in [0.717, 1.165) is 18.4 Å². The number of carbonyl (C=O) groups excluding carboxylic acids is 3. The minimum Gasteiger partial charge on any atom is -0.464 e. The van der Waals surface area contributed by atoms with Crippen molar-refractivity contribution in [3.05, 3.63) is 36.0 Å². The molecule has 6 nitrogen and oxygen atoms in total. The van der Waals surface area contributed by atoms with Crippen LogP contribution in [0.5, 0.6) is 0 Å². The van der Waals surface area contributed by atoms with E-state index in [1.54, 1.807) is 12.1 Å². The molecule has 0 spiro atoms. The molecule has 23 heavy (non-hydrogen) atoms. The summed E-state index contributed by atoms with van der Waals surface area (Å²) in [6, 6.07) is 6.33. The molecule has 0 fully saturated rings. The monoisotopic (exact) mass is 316 g/mol.